The van der Waals surface area contributed by atoms with E-state index in [-0.39, 0.29) is 0 Å². The van der Waals surface area contributed by atoms with Crippen molar-refractivity contribution in [2.75, 3.05) is 13.6 Å². The molecule has 0 saturated heterocycles. The number of fused-ring (bicyclic) bond motifs is 1. The number of hydrogen-bond donors (Lipinski definition) is 1. The van der Waals surface area contributed by atoms with Gasteiger partial charge in [-0.3, -0.25) is 10.00 Å². The molecule has 0 radical (unpaired) electrons. The minimum atomic E-state index is 0.580. The van der Waals surface area contributed by atoms with Gasteiger partial charge in [0.1, 0.15) is 0 Å². The molecule has 0 spiro atoms. The Kier molecular flexibility index (Phi) is 3.65. The smallest absolute Gasteiger partial charge is 0.0519 e. The van der Waals surface area contributed by atoms with Crippen molar-refractivity contribution in [1.29, 1.82) is 0 Å². The van der Waals surface area contributed by atoms with E-state index >= 15 is 0 Å². The van der Waals surface area contributed by atoms with Crippen LogP contribution in [0.4, 0.5) is 0 Å². The molecule has 19 heavy (non-hydrogen) atoms. The fourth-order valence-electron chi connectivity index (χ4n) is 3.06. The Labute approximate surface area is 114 Å². The first-order chi connectivity index (χ1) is 9.34. The molecule has 0 bridgehead atoms. The number of likely N-dealkylation sites (N-methyl/N-ethyl adjacent to an activating group) is 1. The zero-order valence-electron chi connectivity index (χ0n) is 11.5. The molecule has 1 unspecified atom stereocenters. The molecule has 0 saturated carbocycles. The highest BCUT2D eigenvalue weighted by atomic mass is 15.1. The normalized spacial score (nSPS) is 18.5. The molecule has 100 valence electrons. The minimum absolute atomic E-state index is 0.580. The van der Waals surface area contributed by atoms with E-state index in [0.29, 0.717) is 6.04 Å². The molecule has 1 aliphatic rings. The van der Waals surface area contributed by atoms with Crippen molar-refractivity contribution >= 4 is 0 Å². The van der Waals surface area contributed by atoms with Gasteiger partial charge in [-0.1, -0.05) is 24.3 Å². The summed E-state index contributed by atoms with van der Waals surface area (Å²) in [5.74, 6) is 0. The third kappa shape index (κ3) is 2.71. The molecule has 1 atom stereocenters. The summed E-state index contributed by atoms with van der Waals surface area (Å²) in [5, 5.41) is 6.89. The lowest BCUT2D eigenvalue weighted by molar-refractivity contribution is 0.224. The Morgan fingerprint density at radius 3 is 3.11 bits per heavy atom. The molecular weight excluding hydrogens is 234 g/mol. The summed E-state index contributed by atoms with van der Waals surface area (Å²) in [7, 11) is 2.24. The Morgan fingerprint density at radius 2 is 2.26 bits per heavy atom. The standard InChI is InChI=1S/C16H21N3/c1-19(10-9-13-11-17-18-12-13)16-8-4-6-14-5-2-3-7-15(14)16/h2-3,5,7,11-12,16H,4,6,8-10H2,1H3,(H,17,18). The van der Waals surface area contributed by atoms with Crippen LogP contribution in [0.1, 0.15) is 35.6 Å². The summed E-state index contributed by atoms with van der Waals surface area (Å²) >= 11 is 0. The van der Waals surface area contributed by atoms with E-state index in [9.17, 15) is 0 Å². The number of aromatic nitrogens is 2. The van der Waals surface area contributed by atoms with Crippen molar-refractivity contribution < 1.29 is 0 Å². The fraction of sp³-hybridized carbons (Fsp3) is 0.438. The number of benzene rings is 1. The second-order valence-corrected chi connectivity index (χ2v) is 5.44. The lowest BCUT2D eigenvalue weighted by Crippen LogP contribution is -2.29. The van der Waals surface area contributed by atoms with E-state index in [2.05, 4.69) is 46.4 Å². The first-order valence-corrected chi connectivity index (χ1v) is 7.10. The molecule has 1 aliphatic carbocycles. The molecular formula is C16H21N3. The van der Waals surface area contributed by atoms with Crippen LogP contribution in [0, 0.1) is 0 Å². The molecule has 1 N–H and O–H groups in total. The molecule has 1 aromatic heterocycles. The predicted octanol–water partition coefficient (Wildman–Crippen LogP) is 2.96. The molecule has 0 fully saturated rings. The van der Waals surface area contributed by atoms with Gasteiger partial charge in [-0.05, 0) is 49.4 Å². The predicted molar refractivity (Wildman–Crippen MR) is 77.0 cm³/mol. The highest BCUT2D eigenvalue weighted by molar-refractivity contribution is 5.32. The average Bonchev–Trinajstić information content (AvgIpc) is 2.97. The number of nitrogens with one attached hydrogen (secondary N) is 1. The van der Waals surface area contributed by atoms with Crippen molar-refractivity contribution in [1.82, 2.24) is 15.1 Å². The number of hydrogen-bond acceptors (Lipinski definition) is 2. The first kappa shape index (κ1) is 12.4. The number of aryl methyl sites for hydroxylation is 1. The van der Waals surface area contributed by atoms with Gasteiger partial charge in [-0.2, -0.15) is 5.10 Å². The molecule has 1 aromatic carbocycles. The zero-order valence-corrected chi connectivity index (χ0v) is 11.5. The average molecular weight is 255 g/mol. The molecule has 3 nitrogen and oxygen atoms in total. The van der Waals surface area contributed by atoms with Gasteiger partial charge in [0.25, 0.3) is 0 Å². The zero-order chi connectivity index (χ0) is 13.1. The second-order valence-electron chi connectivity index (χ2n) is 5.44. The molecule has 3 rings (SSSR count). The van der Waals surface area contributed by atoms with E-state index in [0.717, 1.165) is 13.0 Å². The summed E-state index contributed by atoms with van der Waals surface area (Å²) < 4.78 is 0. The number of nitrogens with zero attached hydrogens (tertiary/aromatic N) is 2. The summed E-state index contributed by atoms with van der Waals surface area (Å²) in [6, 6.07) is 9.49. The molecule has 0 aliphatic heterocycles. The summed E-state index contributed by atoms with van der Waals surface area (Å²) in [4.78, 5) is 2.49. The van der Waals surface area contributed by atoms with Gasteiger partial charge in [-0.15, -0.1) is 0 Å². The first-order valence-electron chi connectivity index (χ1n) is 7.10. The van der Waals surface area contributed by atoms with E-state index < -0.39 is 0 Å². The fourth-order valence-corrected chi connectivity index (χ4v) is 3.06. The van der Waals surface area contributed by atoms with Crippen LogP contribution in [-0.2, 0) is 12.8 Å². The van der Waals surface area contributed by atoms with Crippen molar-refractivity contribution in [3.63, 3.8) is 0 Å². The van der Waals surface area contributed by atoms with Gasteiger partial charge in [0.15, 0.2) is 0 Å². The maximum absolute atomic E-state index is 4.01. The Morgan fingerprint density at radius 1 is 1.37 bits per heavy atom. The van der Waals surface area contributed by atoms with Crippen LogP contribution in [-0.4, -0.2) is 28.7 Å². The monoisotopic (exact) mass is 255 g/mol. The van der Waals surface area contributed by atoms with Crippen molar-refractivity contribution in [2.24, 2.45) is 0 Å². The summed E-state index contributed by atoms with van der Waals surface area (Å²) in [6.45, 7) is 1.08. The Hall–Kier alpha value is -1.61. The molecule has 1 heterocycles. The van der Waals surface area contributed by atoms with Crippen molar-refractivity contribution in [3.05, 3.63) is 53.3 Å². The van der Waals surface area contributed by atoms with Crippen molar-refractivity contribution in [3.8, 4) is 0 Å². The topological polar surface area (TPSA) is 31.9 Å². The van der Waals surface area contributed by atoms with Crippen LogP contribution < -0.4 is 0 Å². The molecule has 3 heteroatoms. The second kappa shape index (κ2) is 5.57. The van der Waals surface area contributed by atoms with Crippen LogP contribution >= 0.6 is 0 Å². The molecule has 0 amide bonds. The van der Waals surface area contributed by atoms with Crippen molar-refractivity contribution in [2.45, 2.75) is 31.7 Å². The third-order valence-electron chi connectivity index (χ3n) is 4.18. The maximum Gasteiger partial charge on any atom is 0.0519 e. The van der Waals surface area contributed by atoms with Crippen LogP contribution in [0.25, 0.3) is 0 Å². The minimum Gasteiger partial charge on any atom is -0.299 e. The van der Waals surface area contributed by atoms with Crippen LogP contribution in [0.2, 0.25) is 0 Å². The van der Waals surface area contributed by atoms with Crippen LogP contribution in [0.3, 0.4) is 0 Å². The maximum atomic E-state index is 4.01. The van der Waals surface area contributed by atoms with Gasteiger partial charge >= 0.3 is 0 Å². The highest BCUT2D eigenvalue weighted by Crippen LogP contribution is 2.33. The SMILES string of the molecule is CN(CCc1cn[nH]c1)C1CCCc2ccccc21. The van der Waals surface area contributed by atoms with Gasteiger partial charge < -0.3 is 0 Å². The van der Waals surface area contributed by atoms with Gasteiger partial charge in [0.2, 0.25) is 0 Å². The van der Waals surface area contributed by atoms with Gasteiger partial charge in [0.05, 0.1) is 6.20 Å². The van der Waals surface area contributed by atoms with Crippen LogP contribution in [0.5, 0.6) is 0 Å². The highest BCUT2D eigenvalue weighted by Gasteiger charge is 2.22. The van der Waals surface area contributed by atoms with Gasteiger partial charge in [-0.25, -0.2) is 0 Å². The number of aromatic amines is 1. The van der Waals surface area contributed by atoms with Gasteiger partial charge in [0, 0.05) is 18.8 Å². The van der Waals surface area contributed by atoms with E-state index in [1.807, 2.05) is 12.4 Å². The summed E-state index contributed by atoms with van der Waals surface area (Å²) in [5.41, 5.74) is 4.35. The lowest BCUT2D eigenvalue weighted by Gasteiger charge is -2.33. The number of H-pyrrole nitrogens is 1. The summed E-state index contributed by atoms with van der Waals surface area (Å²) in [6.07, 6.45) is 8.79. The van der Waals surface area contributed by atoms with E-state index in [4.69, 9.17) is 0 Å². The van der Waals surface area contributed by atoms with E-state index in [1.54, 1.807) is 0 Å². The van der Waals surface area contributed by atoms with E-state index in [1.165, 1.54) is 36.0 Å². The quantitative estimate of drug-likeness (QED) is 0.911. The Balaban J connectivity index is 1.69. The lowest BCUT2D eigenvalue weighted by atomic mass is 9.87. The molecule has 2 aromatic rings. The number of rotatable bonds is 4. The Bertz CT molecular complexity index is 519. The largest absolute Gasteiger partial charge is 0.299 e. The third-order valence-corrected chi connectivity index (χ3v) is 4.18. The van der Waals surface area contributed by atoms with Crippen LogP contribution in [0.15, 0.2) is 36.7 Å².